The molecular weight excluding hydrogens is 389 g/mol. The van der Waals surface area contributed by atoms with E-state index >= 15 is 0 Å². The summed E-state index contributed by atoms with van der Waals surface area (Å²) < 4.78 is 55.4. The van der Waals surface area contributed by atoms with Crippen molar-refractivity contribution in [2.45, 2.75) is 31.7 Å². The third kappa shape index (κ3) is 6.99. The summed E-state index contributed by atoms with van der Waals surface area (Å²) in [7, 11) is 1.17. The molecule has 0 aliphatic rings. The van der Waals surface area contributed by atoms with Crippen LogP contribution in [0, 0.1) is 0 Å². The van der Waals surface area contributed by atoms with Crippen LogP contribution in [-0.4, -0.2) is 31.8 Å². The van der Waals surface area contributed by atoms with Crippen molar-refractivity contribution >= 4 is 11.8 Å². The molecule has 0 aliphatic heterocycles. The first kappa shape index (κ1) is 22.6. The van der Waals surface area contributed by atoms with Gasteiger partial charge in [-0.2, -0.15) is 13.2 Å². The third-order valence-corrected chi connectivity index (χ3v) is 4.05. The van der Waals surface area contributed by atoms with Crippen molar-refractivity contribution in [1.82, 2.24) is 0 Å². The maximum Gasteiger partial charge on any atom is 0.418 e. The van der Waals surface area contributed by atoms with Crippen LogP contribution in [-0.2, 0) is 25.6 Å². The van der Waals surface area contributed by atoms with Gasteiger partial charge in [0, 0.05) is 17.5 Å². The molecule has 0 aliphatic carbocycles. The highest BCUT2D eigenvalue weighted by Crippen LogP contribution is 2.37. The van der Waals surface area contributed by atoms with Gasteiger partial charge in [0.25, 0.3) is 0 Å². The minimum Gasteiger partial charge on any atom is -0.469 e. The summed E-state index contributed by atoms with van der Waals surface area (Å²) in [5.74, 6) is -1.22. The van der Waals surface area contributed by atoms with Gasteiger partial charge in [-0.3, -0.25) is 9.59 Å². The van der Waals surface area contributed by atoms with Gasteiger partial charge in [-0.15, -0.1) is 0 Å². The lowest BCUT2D eigenvalue weighted by Crippen LogP contribution is -2.26. The molecule has 29 heavy (non-hydrogen) atoms. The second-order valence-electron chi connectivity index (χ2n) is 6.13. The molecule has 8 heteroatoms. The number of ketones is 1. The summed E-state index contributed by atoms with van der Waals surface area (Å²) in [6.07, 6.45) is -7.58. The van der Waals surface area contributed by atoms with E-state index in [4.69, 9.17) is 9.47 Å². The van der Waals surface area contributed by atoms with Gasteiger partial charge < -0.3 is 14.2 Å². The number of hydrogen-bond acceptors (Lipinski definition) is 5. The van der Waals surface area contributed by atoms with Crippen molar-refractivity contribution in [3.05, 3.63) is 71.3 Å². The first-order chi connectivity index (χ1) is 13.8. The Morgan fingerprint density at radius 2 is 1.62 bits per heavy atom. The van der Waals surface area contributed by atoms with Crippen LogP contribution in [0.2, 0.25) is 0 Å². The number of ether oxygens (including phenoxy) is 3. The van der Waals surface area contributed by atoms with Crippen LogP contribution >= 0.6 is 0 Å². The van der Waals surface area contributed by atoms with Crippen LogP contribution < -0.4 is 0 Å². The smallest absolute Gasteiger partial charge is 0.418 e. The molecule has 2 aromatic carbocycles. The van der Waals surface area contributed by atoms with E-state index in [0.717, 1.165) is 5.56 Å². The van der Waals surface area contributed by atoms with E-state index in [1.807, 2.05) is 6.07 Å². The van der Waals surface area contributed by atoms with Crippen LogP contribution in [0.3, 0.4) is 0 Å². The minimum atomic E-state index is -4.76. The SMILES string of the molecule is COC(=O)CCC(=O)c1ccccc1C(OCOCc1ccccc1)C(F)(F)F. The lowest BCUT2D eigenvalue weighted by Gasteiger charge is -2.23. The van der Waals surface area contributed by atoms with Crippen molar-refractivity contribution in [2.24, 2.45) is 0 Å². The highest BCUT2D eigenvalue weighted by atomic mass is 19.4. The number of carbonyl (C=O) groups is 2. The number of carbonyl (C=O) groups excluding carboxylic acids is 2. The topological polar surface area (TPSA) is 61.8 Å². The Morgan fingerprint density at radius 3 is 2.28 bits per heavy atom. The molecule has 2 rings (SSSR count). The van der Waals surface area contributed by atoms with E-state index in [0.29, 0.717) is 0 Å². The summed E-state index contributed by atoms with van der Waals surface area (Å²) in [6.45, 7) is -0.519. The van der Waals surface area contributed by atoms with E-state index in [1.54, 1.807) is 24.3 Å². The van der Waals surface area contributed by atoms with Gasteiger partial charge in [0.1, 0.15) is 6.79 Å². The molecule has 0 heterocycles. The molecule has 0 saturated carbocycles. The van der Waals surface area contributed by atoms with Crippen molar-refractivity contribution < 1.29 is 37.0 Å². The van der Waals surface area contributed by atoms with E-state index in [1.165, 1.54) is 31.4 Å². The summed E-state index contributed by atoms with van der Waals surface area (Å²) in [6, 6.07) is 14.2. The zero-order valence-corrected chi connectivity index (χ0v) is 15.8. The fraction of sp³-hybridized carbons (Fsp3) is 0.333. The van der Waals surface area contributed by atoms with Crippen LogP contribution in [0.1, 0.15) is 40.4 Å². The predicted molar refractivity (Wildman–Crippen MR) is 98.0 cm³/mol. The van der Waals surface area contributed by atoms with Gasteiger partial charge in [-0.05, 0) is 5.56 Å². The average Bonchev–Trinajstić information content (AvgIpc) is 2.71. The van der Waals surface area contributed by atoms with Crippen molar-refractivity contribution in [3.63, 3.8) is 0 Å². The summed E-state index contributed by atoms with van der Waals surface area (Å²) in [5.41, 5.74) is 0.318. The second kappa shape index (κ2) is 10.7. The highest BCUT2D eigenvalue weighted by Gasteiger charge is 2.43. The second-order valence-corrected chi connectivity index (χ2v) is 6.13. The lowest BCUT2D eigenvalue weighted by atomic mass is 9.96. The molecule has 0 spiro atoms. The zero-order chi connectivity index (χ0) is 21.3. The maximum absolute atomic E-state index is 13.6. The minimum absolute atomic E-state index is 0.0884. The van der Waals surface area contributed by atoms with Gasteiger partial charge in [0.2, 0.25) is 0 Å². The summed E-state index contributed by atoms with van der Waals surface area (Å²) >= 11 is 0. The lowest BCUT2D eigenvalue weighted by molar-refractivity contribution is -0.247. The Kier molecular flexibility index (Phi) is 8.35. The maximum atomic E-state index is 13.6. The van der Waals surface area contributed by atoms with E-state index < -0.39 is 30.8 Å². The zero-order valence-electron chi connectivity index (χ0n) is 15.8. The van der Waals surface area contributed by atoms with E-state index in [-0.39, 0.29) is 30.6 Å². The quantitative estimate of drug-likeness (QED) is 0.248. The van der Waals surface area contributed by atoms with Gasteiger partial charge in [0.15, 0.2) is 11.9 Å². The normalized spacial score (nSPS) is 12.4. The molecule has 0 saturated heterocycles. The van der Waals surface area contributed by atoms with Gasteiger partial charge in [-0.25, -0.2) is 0 Å². The standard InChI is InChI=1S/C21H21F3O5/c1-27-19(26)12-11-18(25)16-9-5-6-10-17(16)20(21(22,23)24)29-14-28-13-15-7-3-2-4-8-15/h2-10,20H,11-14H2,1H3. The Labute approximate surface area is 166 Å². The van der Waals surface area contributed by atoms with Gasteiger partial charge in [-0.1, -0.05) is 54.6 Å². The van der Waals surface area contributed by atoms with E-state index in [9.17, 15) is 22.8 Å². The molecule has 156 valence electrons. The number of Topliss-reactive ketones (excluding diaryl/α,β-unsaturated/α-hetero) is 1. The summed E-state index contributed by atoms with van der Waals surface area (Å²) in [5, 5.41) is 0. The molecular formula is C21H21F3O5. The van der Waals surface area contributed by atoms with Crippen LogP contribution in [0.5, 0.6) is 0 Å². The fourth-order valence-electron chi connectivity index (χ4n) is 2.64. The first-order valence-electron chi connectivity index (χ1n) is 8.82. The molecule has 0 bridgehead atoms. The number of alkyl halides is 3. The Balaban J connectivity index is 2.09. The monoisotopic (exact) mass is 410 g/mol. The average molecular weight is 410 g/mol. The number of methoxy groups -OCH3 is 1. The van der Waals surface area contributed by atoms with Crippen molar-refractivity contribution in [2.75, 3.05) is 13.9 Å². The van der Waals surface area contributed by atoms with Crippen LogP contribution in [0.15, 0.2) is 54.6 Å². The molecule has 2 aromatic rings. The predicted octanol–water partition coefficient (Wildman–Crippen LogP) is 4.62. The number of rotatable bonds is 10. The highest BCUT2D eigenvalue weighted by molar-refractivity contribution is 5.99. The first-order valence-corrected chi connectivity index (χ1v) is 8.82. The molecule has 0 radical (unpaired) electrons. The number of hydrogen-bond donors (Lipinski definition) is 0. The molecule has 0 fully saturated rings. The Hall–Kier alpha value is -2.71. The summed E-state index contributed by atoms with van der Waals surface area (Å²) in [4.78, 5) is 23.6. The fourth-order valence-corrected chi connectivity index (χ4v) is 2.64. The number of esters is 1. The van der Waals surface area contributed by atoms with Crippen LogP contribution in [0.25, 0.3) is 0 Å². The molecule has 1 unspecified atom stereocenters. The van der Waals surface area contributed by atoms with Crippen LogP contribution in [0.4, 0.5) is 13.2 Å². The molecule has 0 aromatic heterocycles. The van der Waals surface area contributed by atoms with Gasteiger partial charge in [0.05, 0.1) is 20.1 Å². The Morgan fingerprint density at radius 1 is 0.966 bits per heavy atom. The number of halogens is 3. The molecule has 5 nitrogen and oxygen atoms in total. The van der Waals surface area contributed by atoms with Crippen molar-refractivity contribution in [3.8, 4) is 0 Å². The number of benzene rings is 2. The third-order valence-electron chi connectivity index (χ3n) is 4.05. The molecule has 0 amide bonds. The van der Waals surface area contributed by atoms with Crippen molar-refractivity contribution in [1.29, 1.82) is 0 Å². The molecule has 1 atom stereocenters. The Bertz CT molecular complexity index is 805. The largest absolute Gasteiger partial charge is 0.469 e. The van der Waals surface area contributed by atoms with Gasteiger partial charge >= 0.3 is 12.1 Å². The van der Waals surface area contributed by atoms with E-state index in [2.05, 4.69) is 4.74 Å². The molecule has 0 N–H and O–H groups in total.